The first-order valence-electron chi connectivity index (χ1n) is 8.92. The van der Waals surface area contributed by atoms with Crippen LogP contribution in [-0.4, -0.2) is 26.8 Å². The summed E-state index contributed by atoms with van der Waals surface area (Å²) in [5.41, 5.74) is 0.807. The summed E-state index contributed by atoms with van der Waals surface area (Å²) >= 11 is 9.41. The maximum atomic E-state index is 12.9. The summed E-state index contributed by atoms with van der Waals surface area (Å²) in [4.78, 5) is 27.1. The summed E-state index contributed by atoms with van der Waals surface area (Å²) in [5, 5.41) is 20.8. The van der Waals surface area contributed by atoms with Gasteiger partial charge in [-0.2, -0.15) is 0 Å². The lowest BCUT2D eigenvalue weighted by molar-refractivity contribution is -0.140. The number of halogens is 2. The molecular formula is C22H15BrClNO5. The summed E-state index contributed by atoms with van der Waals surface area (Å²) in [6.07, 6.45) is 1.47. The summed E-state index contributed by atoms with van der Waals surface area (Å²) in [7, 11) is 0. The highest BCUT2D eigenvalue weighted by Crippen LogP contribution is 2.42. The highest BCUT2D eigenvalue weighted by Gasteiger charge is 2.46. The number of likely N-dealkylation sites (tertiary alicyclic amines) is 1. The van der Waals surface area contributed by atoms with Crippen LogP contribution >= 0.6 is 27.5 Å². The van der Waals surface area contributed by atoms with E-state index in [1.165, 1.54) is 23.3 Å². The van der Waals surface area contributed by atoms with Gasteiger partial charge >= 0.3 is 0 Å². The zero-order chi connectivity index (χ0) is 21.4. The van der Waals surface area contributed by atoms with E-state index in [0.717, 1.165) is 4.47 Å². The van der Waals surface area contributed by atoms with Gasteiger partial charge in [0.15, 0.2) is 0 Å². The Morgan fingerprint density at radius 2 is 1.87 bits per heavy atom. The molecule has 1 aliphatic heterocycles. The maximum absolute atomic E-state index is 12.9. The van der Waals surface area contributed by atoms with Crippen molar-refractivity contribution in [2.24, 2.45) is 0 Å². The lowest BCUT2D eigenvalue weighted by Gasteiger charge is -2.24. The molecule has 1 aliphatic rings. The van der Waals surface area contributed by atoms with Crippen molar-refractivity contribution in [2.45, 2.75) is 12.6 Å². The van der Waals surface area contributed by atoms with Crippen LogP contribution in [-0.2, 0) is 16.1 Å². The lowest BCUT2D eigenvalue weighted by atomic mass is 9.95. The van der Waals surface area contributed by atoms with Gasteiger partial charge in [-0.05, 0) is 42.0 Å². The number of rotatable bonds is 4. The predicted octanol–water partition coefficient (Wildman–Crippen LogP) is 5.02. The molecule has 0 saturated carbocycles. The minimum absolute atomic E-state index is 0.0256. The Labute approximate surface area is 185 Å². The molecule has 0 aliphatic carbocycles. The predicted molar refractivity (Wildman–Crippen MR) is 114 cm³/mol. The number of aromatic hydroxyl groups is 1. The van der Waals surface area contributed by atoms with E-state index in [2.05, 4.69) is 15.9 Å². The zero-order valence-corrected chi connectivity index (χ0v) is 17.7. The zero-order valence-electron chi connectivity index (χ0n) is 15.4. The number of ketones is 1. The molecule has 0 radical (unpaired) electrons. The number of carbonyl (C=O) groups excluding carboxylic acids is 2. The van der Waals surface area contributed by atoms with E-state index in [1.807, 2.05) is 0 Å². The molecule has 2 aromatic carbocycles. The van der Waals surface area contributed by atoms with Gasteiger partial charge in [0, 0.05) is 10.0 Å². The van der Waals surface area contributed by atoms with E-state index in [4.69, 9.17) is 16.0 Å². The summed E-state index contributed by atoms with van der Waals surface area (Å²) in [6, 6.07) is 13.6. The molecular weight excluding hydrogens is 474 g/mol. The molecule has 1 atom stereocenters. The van der Waals surface area contributed by atoms with E-state index in [1.54, 1.807) is 42.5 Å². The monoisotopic (exact) mass is 487 g/mol. The van der Waals surface area contributed by atoms with E-state index in [-0.39, 0.29) is 28.6 Å². The molecule has 6 nitrogen and oxygen atoms in total. The Kier molecular flexibility index (Phi) is 5.40. The highest BCUT2D eigenvalue weighted by atomic mass is 79.9. The Hall–Kier alpha value is -3.03. The Morgan fingerprint density at radius 3 is 2.50 bits per heavy atom. The molecule has 4 rings (SSSR count). The second kappa shape index (κ2) is 8.01. The number of carbonyl (C=O) groups is 2. The van der Waals surface area contributed by atoms with Gasteiger partial charge in [-0.15, -0.1) is 0 Å². The number of phenolic OH excluding ortho intramolecular Hbond substituents is 1. The smallest absolute Gasteiger partial charge is 0.296 e. The van der Waals surface area contributed by atoms with Gasteiger partial charge in [0.05, 0.1) is 29.4 Å². The summed E-state index contributed by atoms with van der Waals surface area (Å²) < 4.78 is 6.15. The molecule has 0 spiro atoms. The molecule has 1 fully saturated rings. The van der Waals surface area contributed by atoms with Crippen LogP contribution in [0.3, 0.4) is 0 Å². The third kappa shape index (κ3) is 3.62. The van der Waals surface area contributed by atoms with Crippen molar-refractivity contribution in [1.29, 1.82) is 0 Å². The fourth-order valence-electron chi connectivity index (χ4n) is 3.42. The minimum atomic E-state index is -0.906. The maximum Gasteiger partial charge on any atom is 0.296 e. The van der Waals surface area contributed by atoms with Crippen molar-refractivity contribution in [2.75, 3.05) is 0 Å². The SMILES string of the molecule is O=C1C(=O)N(Cc2ccco2)C(c2ccc(O)c(Cl)c2)/C1=C(/O)c1ccc(Br)cc1. The van der Waals surface area contributed by atoms with Gasteiger partial charge < -0.3 is 19.5 Å². The van der Waals surface area contributed by atoms with Crippen molar-refractivity contribution in [3.05, 3.63) is 92.8 Å². The number of amides is 1. The topological polar surface area (TPSA) is 91.0 Å². The summed E-state index contributed by atoms with van der Waals surface area (Å²) in [5.74, 6) is -1.51. The standard InChI is InChI=1S/C22H15BrClNO5/c23-14-6-3-12(4-7-14)20(27)18-19(13-5-8-17(26)16(24)10-13)25(22(29)21(18)28)11-15-2-1-9-30-15/h1-10,19,26-27H,11H2/b20-18-. The van der Waals surface area contributed by atoms with Crippen LogP contribution in [0, 0.1) is 0 Å². The largest absolute Gasteiger partial charge is 0.507 e. The van der Waals surface area contributed by atoms with Crippen LogP contribution in [0.4, 0.5) is 0 Å². The molecule has 2 N–H and O–H groups in total. The van der Waals surface area contributed by atoms with Gasteiger partial charge in [0.2, 0.25) is 0 Å². The normalized spacial score (nSPS) is 18.2. The van der Waals surface area contributed by atoms with E-state index < -0.39 is 17.7 Å². The number of nitrogens with zero attached hydrogens (tertiary/aromatic N) is 1. The second-order valence-electron chi connectivity index (χ2n) is 6.72. The fraction of sp³-hybridized carbons (Fsp3) is 0.0909. The van der Waals surface area contributed by atoms with Crippen LogP contribution < -0.4 is 0 Å². The highest BCUT2D eigenvalue weighted by molar-refractivity contribution is 9.10. The molecule has 0 bridgehead atoms. The van der Waals surface area contributed by atoms with E-state index >= 15 is 0 Å². The first kappa shape index (κ1) is 20.3. The van der Waals surface area contributed by atoms with Gasteiger partial charge in [-0.25, -0.2) is 0 Å². The van der Waals surface area contributed by atoms with Gasteiger partial charge in [0.1, 0.15) is 17.3 Å². The molecule has 1 amide bonds. The van der Waals surface area contributed by atoms with Crippen molar-refractivity contribution >= 4 is 45.0 Å². The molecule has 30 heavy (non-hydrogen) atoms. The number of phenols is 1. The number of hydrogen-bond acceptors (Lipinski definition) is 5. The van der Waals surface area contributed by atoms with Crippen LogP contribution in [0.5, 0.6) is 5.75 Å². The van der Waals surface area contributed by atoms with Gasteiger partial charge in [0.25, 0.3) is 11.7 Å². The number of Topliss-reactive ketones (excluding diaryl/α,β-unsaturated/α-hetero) is 1. The number of hydrogen-bond donors (Lipinski definition) is 2. The minimum Gasteiger partial charge on any atom is -0.507 e. The van der Waals surface area contributed by atoms with Crippen LogP contribution in [0.15, 0.2) is 75.3 Å². The second-order valence-corrected chi connectivity index (χ2v) is 8.05. The Morgan fingerprint density at radius 1 is 1.13 bits per heavy atom. The first-order chi connectivity index (χ1) is 14.4. The third-order valence-corrected chi connectivity index (χ3v) is 5.68. The summed E-state index contributed by atoms with van der Waals surface area (Å²) in [6.45, 7) is 0.0256. The van der Waals surface area contributed by atoms with Crippen molar-refractivity contribution in [1.82, 2.24) is 4.90 Å². The quantitative estimate of drug-likeness (QED) is 0.306. The van der Waals surface area contributed by atoms with Crippen molar-refractivity contribution in [3.8, 4) is 5.75 Å². The lowest BCUT2D eigenvalue weighted by Crippen LogP contribution is -2.29. The average molecular weight is 489 g/mol. The Bertz CT molecular complexity index is 1150. The van der Waals surface area contributed by atoms with Crippen LogP contribution in [0.25, 0.3) is 5.76 Å². The average Bonchev–Trinajstić information content (AvgIpc) is 3.33. The number of aliphatic hydroxyl groups is 1. The van der Waals surface area contributed by atoms with E-state index in [9.17, 15) is 19.8 Å². The number of furan rings is 1. The Balaban J connectivity index is 1.88. The molecule has 3 aromatic rings. The molecule has 1 unspecified atom stereocenters. The van der Waals surface area contributed by atoms with Gasteiger partial charge in [-0.3, -0.25) is 9.59 Å². The van der Waals surface area contributed by atoms with Crippen molar-refractivity contribution in [3.63, 3.8) is 0 Å². The molecule has 8 heteroatoms. The molecule has 1 aromatic heterocycles. The molecule has 1 saturated heterocycles. The van der Waals surface area contributed by atoms with Crippen molar-refractivity contribution < 1.29 is 24.2 Å². The number of benzene rings is 2. The van der Waals surface area contributed by atoms with E-state index in [0.29, 0.717) is 16.9 Å². The first-order valence-corrected chi connectivity index (χ1v) is 10.1. The van der Waals surface area contributed by atoms with Crippen LogP contribution in [0.2, 0.25) is 5.02 Å². The van der Waals surface area contributed by atoms with Crippen LogP contribution in [0.1, 0.15) is 22.9 Å². The number of aliphatic hydroxyl groups excluding tert-OH is 1. The fourth-order valence-corrected chi connectivity index (χ4v) is 3.87. The molecule has 152 valence electrons. The molecule has 2 heterocycles. The van der Waals surface area contributed by atoms with Gasteiger partial charge in [-0.1, -0.05) is 45.7 Å². The third-order valence-electron chi connectivity index (χ3n) is 4.85.